The molecule has 0 aliphatic heterocycles. The van der Waals surface area contributed by atoms with E-state index in [0.29, 0.717) is 17.3 Å². The molecule has 5 nitrogen and oxygen atoms in total. The summed E-state index contributed by atoms with van der Waals surface area (Å²) in [5, 5.41) is 3.01. The summed E-state index contributed by atoms with van der Waals surface area (Å²) in [7, 11) is 0. The minimum atomic E-state index is -0.276. The van der Waals surface area contributed by atoms with E-state index in [0.717, 1.165) is 16.8 Å². The molecular weight excluding hydrogens is 319 g/mol. The summed E-state index contributed by atoms with van der Waals surface area (Å²) in [4.78, 5) is 21.2. The third kappa shape index (κ3) is 2.88. The van der Waals surface area contributed by atoms with Crippen LogP contribution in [0.2, 0.25) is 0 Å². The van der Waals surface area contributed by atoms with Gasteiger partial charge in [-0.15, -0.1) is 0 Å². The molecule has 2 aromatic heterocycles. The number of amides is 1. The molecule has 4 rings (SSSR count). The Labute approximate surface area is 144 Å². The highest BCUT2D eigenvalue weighted by molar-refractivity contribution is 5.98. The second kappa shape index (κ2) is 5.95. The van der Waals surface area contributed by atoms with Crippen LogP contribution in [0.5, 0.6) is 0 Å². The molecule has 3 aromatic rings. The maximum absolute atomic E-state index is 13.1. The van der Waals surface area contributed by atoms with Crippen LogP contribution in [0.15, 0.2) is 36.8 Å². The topological polar surface area (TPSA) is 59.3 Å². The summed E-state index contributed by atoms with van der Waals surface area (Å²) in [6, 6.07) is 6.43. The van der Waals surface area contributed by atoms with Crippen molar-refractivity contribution in [2.45, 2.75) is 32.7 Å². The summed E-state index contributed by atoms with van der Waals surface area (Å²) >= 11 is 0. The van der Waals surface area contributed by atoms with Crippen LogP contribution in [-0.4, -0.2) is 26.3 Å². The first-order chi connectivity index (χ1) is 12.0. The van der Waals surface area contributed by atoms with Crippen LogP contribution in [0.4, 0.5) is 4.39 Å². The number of carbonyl (C=O) groups is 1. The number of imidazole rings is 1. The van der Waals surface area contributed by atoms with Crippen LogP contribution in [0.3, 0.4) is 0 Å². The van der Waals surface area contributed by atoms with E-state index in [1.807, 2.05) is 13.8 Å². The Kier molecular flexibility index (Phi) is 3.75. The third-order valence-corrected chi connectivity index (χ3v) is 4.87. The number of carbonyl (C=O) groups excluding carboxylic acids is 1. The lowest BCUT2D eigenvalue weighted by atomic mass is 10.1. The molecule has 1 N–H and O–H groups in total. The molecular formula is C19H19FN4O. The Morgan fingerprint density at radius 1 is 1.28 bits per heavy atom. The minimum absolute atomic E-state index is 0.156. The molecule has 0 saturated heterocycles. The molecule has 1 aliphatic carbocycles. The van der Waals surface area contributed by atoms with Gasteiger partial charge in [0.15, 0.2) is 11.3 Å². The number of nitrogens with one attached hydrogen (secondary N) is 1. The average molecular weight is 338 g/mol. The Balaban J connectivity index is 1.69. The minimum Gasteiger partial charge on any atom is -0.348 e. The number of rotatable bonds is 4. The van der Waals surface area contributed by atoms with Crippen LogP contribution in [-0.2, 0) is 0 Å². The molecule has 1 amide bonds. The van der Waals surface area contributed by atoms with Crippen LogP contribution < -0.4 is 5.32 Å². The SMILES string of the molecule is Cc1c(-c2ccc(F)cc2)cnc2c(C(=O)N[C@@H](C)C3CC3)ncn12. The molecule has 1 aromatic carbocycles. The van der Waals surface area contributed by atoms with E-state index in [9.17, 15) is 9.18 Å². The lowest BCUT2D eigenvalue weighted by Crippen LogP contribution is -2.34. The zero-order chi connectivity index (χ0) is 17.6. The second-order valence-electron chi connectivity index (χ2n) is 6.65. The molecule has 1 fully saturated rings. The first-order valence-corrected chi connectivity index (χ1v) is 8.44. The molecule has 128 valence electrons. The third-order valence-electron chi connectivity index (χ3n) is 4.87. The first-order valence-electron chi connectivity index (χ1n) is 8.44. The quantitative estimate of drug-likeness (QED) is 0.793. The summed E-state index contributed by atoms with van der Waals surface area (Å²) in [6.45, 7) is 3.96. The predicted octanol–water partition coefficient (Wildman–Crippen LogP) is 3.37. The molecule has 0 spiro atoms. The van der Waals surface area contributed by atoms with E-state index < -0.39 is 0 Å². The van der Waals surface area contributed by atoms with Gasteiger partial charge in [0.1, 0.15) is 12.1 Å². The van der Waals surface area contributed by atoms with Crippen molar-refractivity contribution in [3.63, 3.8) is 0 Å². The lowest BCUT2D eigenvalue weighted by Gasteiger charge is -2.12. The number of hydrogen-bond acceptors (Lipinski definition) is 3. The summed E-state index contributed by atoms with van der Waals surface area (Å²) in [5.41, 5.74) is 3.52. The maximum Gasteiger partial charge on any atom is 0.274 e. The van der Waals surface area contributed by atoms with Crippen LogP contribution in [0.25, 0.3) is 16.8 Å². The van der Waals surface area contributed by atoms with Gasteiger partial charge in [-0.05, 0) is 50.3 Å². The molecule has 6 heteroatoms. The first kappa shape index (κ1) is 15.7. The second-order valence-corrected chi connectivity index (χ2v) is 6.65. The molecule has 0 unspecified atom stereocenters. The van der Waals surface area contributed by atoms with Crippen molar-refractivity contribution in [1.29, 1.82) is 0 Å². The normalized spacial score (nSPS) is 15.3. The Hall–Kier alpha value is -2.76. The van der Waals surface area contributed by atoms with E-state index in [1.54, 1.807) is 29.1 Å². The van der Waals surface area contributed by atoms with Crippen LogP contribution in [0, 0.1) is 18.7 Å². The Morgan fingerprint density at radius 2 is 2.00 bits per heavy atom. The lowest BCUT2D eigenvalue weighted by molar-refractivity contribution is 0.0933. The van der Waals surface area contributed by atoms with E-state index in [4.69, 9.17) is 0 Å². The van der Waals surface area contributed by atoms with Crippen molar-refractivity contribution >= 4 is 11.6 Å². The van der Waals surface area contributed by atoms with Crippen molar-refractivity contribution in [2.24, 2.45) is 5.92 Å². The number of hydrogen-bond donors (Lipinski definition) is 1. The van der Waals surface area contributed by atoms with Crippen molar-refractivity contribution in [1.82, 2.24) is 19.7 Å². The fourth-order valence-electron chi connectivity index (χ4n) is 3.12. The highest BCUT2D eigenvalue weighted by Gasteiger charge is 2.30. The smallest absolute Gasteiger partial charge is 0.274 e. The van der Waals surface area contributed by atoms with Crippen LogP contribution in [0.1, 0.15) is 35.9 Å². The zero-order valence-electron chi connectivity index (χ0n) is 14.2. The number of benzene rings is 1. The summed E-state index contributed by atoms with van der Waals surface area (Å²) in [5.74, 6) is 0.114. The van der Waals surface area contributed by atoms with E-state index in [2.05, 4.69) is 15.3 Å². The maximum atomic E-state index is 13.1. The molecule has 1 aliphatic rings. The van der Waals surface area contributed by atoms with Gasteiger partial charge < -0.3 is 5.32 Å². The average Bonchev–Trinajstić information content (AvgIpc) is 3.35. The zero-order valence-corrected chi connectivity index (χ0v) is 14.2. The van der Waals surface area contributed by atoms with Gasteiger partial charge in [0, 0.05) is 23.5 Å². The van der Waals surface area contributed by atoms with Gasteiger partial charge >= 0.3 is 0 Å². The molecule has 0 radical (unpaired) electrons. The van der Waals surface area contributed by atoms with Crippen LogP contribution >= 0.6 is 0 Å². The van der Waals surface area contributed by atoms with Crippen molar-refractivity contribution in [3.05, 3.63) is 54.0 Å². The fraction of sp³-hybridized carbons (Fsp3) is 0.316. The highest BCUT2D eigenvalue weighted by atomic mass is 19.1. The monoisotopic (exact) mass is 338 g/mol. The van der Waals surface area contributed by atoms with Gasteiger partial charge in [0.05, 0.1) is 0 Å². The Bertz CT molecular complexity index is 944. The van der Waals surface area contributed by atoms with Gasteiger partial charge in [0.2, 0.25) is 0 Å². The number of aromatic nitrogens is 3. The molecule has 1 saturated carbocycles. The van der Waals surface area contributed by atoms with Gasteiger partial charge in [0.25, 0.3) is 5.91 Å². The number of halogens is 1. The van der Waals surface area contributed by atoms with Gasteiger partial charge in [-0.3, -0.25) is 9.20 Å². The van der Waals surface area contributed by atoms with Crippen molar-refractivity contribution in [3.8, 4) is 11.1 Å². The number of aryl methyl sites for hydroxylation is 1. The molecule has 2 heterocycles. The number of nitrogens with zero attached hydrogens (tertiary/aromatic N) is 3. The van der Waals surface area contributed by atoms with Crippen molar-refractivity contribution < 1.29 is 9.18 Å². The van der Waals surface area contributed by atoms with Gasteiger partial charge in [-0.1, -0.05) is 12.1 Å². The Morgan fingerprint density at radius 3 is 2.68 bits per heavy atom. The highest BCUT2D eigenvalue weighted by Crippen LogP contribution is 2.32. The largest absolute Gasteiger partial charge is 0.348 e. The number of fused-ring (bicyclic) bond motifs is 1. The van der Waals surface area contributed by atoms with Gasteiger partial charge in [-0.25, -0.2) is 14.4 Å². The van der Waals surface area contributed by atoms with E-state index in [1.165, 1.54) is 25.0 Å². The van der Waals surface area contributed by atoms with E-state index >= 15 is 0 Å². The predicted molar refractivity (Wildman–Crippen MR) is 92.8 cm³/mol. The summed E-state index contributed by atoms with van der Waals surface area (Å²) < 4.78 is 14.9. The van der Waals surface area contributed by atoms with E-state index in [-0.39, 0.29) is 17.8 Å². The summed E-state index contributed by atoms with van der Waals surface area (Å²) in [6.07, 6.45) is 5.66. The van der Waals surface area contributed by atoms with Crippen molar-refractivity contribution in [2.75, 3.05) is 0 Å². The fourth-order valence-corrected chi connectivity index (χ4v) is 3.12. The molecule has 0 bridgehead atoms. The molecule has 1 atom stereocenters. The van der Waals surface area contributed by atoms with Gasteiger partial charge in [-0.2, -0.15) is 0 Å². The standard InChI is InChI=1S/C19H19FN4O/c1-11(13-3-4-13)23-19(25)17-18-21-9-16(12(2)24(18)10-22-17)14-5-7-15(20)8-6-14/h5-11,13H,3-4H2,1-2H3,(H,23,25)/t11-/m0/s1. The molecule has 25 heavy (non-hydrogen) atoms.